The van der Waals surface area contributed by atoms with Gasteiger partial charge in [0.2, 0.25) is 0 Å². The lowest BCUT2D eigenvalue weighted by atomic mass is 9.99. The van der Waals surface area contributed by atoms with E-state index >= 15 is 0 Å². The predicted molar refractivity (Wildman–Crippen MR) is 80.6 cm³/mol. The number of hydrogen-bond acceptors (Lipinski definition) is 3. The van der Waals surface area contributed by atoms with Crippen LogP contribution >= 0.6 is 0 Å². The molecular weight excluding hydrogens is 234 g/mol. The molecule has 0 amide bonds. The van der Waals surface area contributed by atoms with Gasteiger partial charge in [-0.3, -0.25) is 0 Å². The van der Waals surface area contributed by atoms with Crippen molar-refractivity contribution in [1.82, 2.24) is 15.3 Å². The van der Waals surface area contributed by atoms with Gasteiger partial charge in [-0.15, -0.1) is 0 Å². The van der Waals surface area contributed by atoms with Crippen molar-refractivity contribution in [3.05, 3.63) is 47.8 Å². The summed E-state index contributed by atoms with van der Waals surface area (Å²) in [4.78, 5) is 0. The minimum Gasteiger partial charge on any atom is -0.393 e. The zero-order valence-electron chi connectivity index (χ0n) is 12.1. The van der Waals surface area contributed by atoms with Gasteiger partial charge < -0.3 is 10.3 Å². The molecular formula is C16H25N3. The lowest BCUT2D eigenvalue weighted by Crippen LogP contribution is -2.38. The molecule has 3 nitrogen and oxygen atoms in total. The van der Waals surface area contributed by atoms with E-state index in [4.69, 9.17) is 0 Å². The Morgan fingerprint density at radius 2 is 1.79 bits per heavy atom. The van der Waals surface area contributed by atoms with Crippen molar-refractivity contribution in [1.29, 1.82) is 0 Å². The molecule has 0 aliphatic carbocycles. The van der Waals surface area contributed by atoms with Crippen LogP contribution in [0.2, 0.25) is 0 Å². The van der Waals surface area contributed by atoms with Crippen molar-refractivity contribution in [2.45, 2.75) is 25.7 Å². The van der Waals surface area contributed by atoms with E-state index in [0.717, 1.165) is 19.5 Å². The highest BCUT2D eigenvalue weighted by atomic mass is 15.6. The largest absolute Gasteiger partial charge is 0.393 e. The van der Waals surface area contributed by atoms with Gasteiger partial charge in [0.05, 0.1) is 0 Å². The first-order chi connectivity index (χ1) is 9.31. The van der Waals surface area contributed by atoms with Crippen molar-refractivity contribution in [3.63, 3.8) is 0 Å². The number of benzene rings is 1. The van der Waals surface area contributed by atoms with Gasteiger partial charge >= 0.3 is 0 Å². The zero-order chi connectivity index (χ0) is 13.5. The topological polar surface area (TPSA) is 18.5 Å². The van der Waals surface area contributed by atoms with Gasteiger partial charge in [0.1, 0.15) is 0 Å². The molecule has 0 saturated carbocycles. The summed E-state index contributed by atoms with van der Waals surface area (Å²) in [5.41, 5.74) is 3.03. The summed E-state index contributed by atoms with van der Waals surface area (Å²) in [5.74, 6) is 0. The van der Waals surface area contributed by atoms with Gasteiger partial charge in [-0.25, -0.2) is 5.01 Å². The molecule has 0 atom stereocenters. The van der Waals surface area contributed by atoms with Crippen LogP contribution in [0.4, 0.5) is 0 Å². The monoisotopic (exact) mass is 259 g/mol. The van der Waals surface area contributed by atoms with Crippen LogP contribution in [0.15, 0.2) is 36.7 Å². The van der Waals surface area contributed by atoms with E-state index in [9.17, 15) is 0 Å². The van der Waals surface area contributed by atoms with Crippen LogP contribution in [-0.2, 0) is 12.8 Å². The molecule has 104 valence electrons. The van der Waals surface area contributed by atoms with Gasteiger partial charge in [0.25, 0.3) is 0 Å². The lowest BCUT2D eigenvalue weighted by molar-refractivity contribution is 0.0493. The second kappa shape index (κ2) is 7.19. The Bertz CT molecular complexity index is 414. The van der Waals surface area contributed by atoms with Crippen LogP contribution in [-0.4, -0.2) is 37.2 Å². The fourth-order valence-electron chi connectivity index (χ4n) is 2.58. The van der Waals surface area contributed by atoms with Crippen molar-refractivity contribution in [2.75, 3.05) is 27.2 Å². The minimum atomic E-state index is 1.03. The van der Waals surface area contributed by atoms with Crippen LogP contribution in [0, 0.1) is 0 Å². The van der Waals surface area contributed by atoms with E-state index in [-0.39, 0.29) is 0 Å². The molecule has 1 N–H and O–H groups in total. The Hall–Kier alpha value is -1.48. The third-order valence-electron chi connectivity index (χ3n) is 3.76. The van der Waals surface area contributed by atoms with E-state index in [2.05, 4.69) is 52.8 Å². The molecule has 1 heterocycles. The van der Waals surface area contributed by atoms with Gasteiger partial charge in [-0.1, -0.05) is 24.3 Å². The molecule has 1 aromatic rings. The first kappa shape index (κ1) is 13.9. The maximum Gasteiger partial charge on any atom is 0.0381 e. The van der Waals surface area contributed by atoms with E-state index in [1.807, 2.05) is 13.2 Å². The second-order valence-corrected chi connectivity index (χ2v) is 5.12. The number of hydrogen-bond donors (Lipinski definition) is 1. The summed E-state index contributed by atoms with van der Waals surface area (Å²) in [6, 6.07) is 8.88. The number of fused-ring (bicyclic) bond motifs is 1. The third kappa shape index (κ3) is 4.00. The van der Waals surface area contributed by atoms with Gasteiger partial charge in [0.15, 0.2) is 0 Å². The number of aryl methyl sites for hydroxylation is 1. The Morgan fingerprint density at radius 3 is 2.53 bits per heavy atom. The summed E-state index contributed by atoms with van der Waals surface area (Å²) in [5, 5.41) is 7.70. The second-order valence-electron chi connectivity index (χ2n) is 5.12. The number of nitrogens with one attached hydrogen (secondary N) is 1. The van der Waals surface area contributed by atoms with Crippen molar-refractivity contribution < 1.29 is 0 Å². The summed E-state index contributed by atoms with van der Waals surface area (Å²) >= 11 is 0. The molecule has 1 aliphatic rings. The quantitative estimate of drug-likeness (QED) is 0.880. The predicted octanol–water partition coefficient (Wildman–Crippen LogP) is 2.40. The molecule has 0 spiro atoms. The van der Waals surface area contributed by atoms with Crippen molar-refractivity contribution in [2.24, 2.45) is 0 Å². The Morgan fingerprint density at radius 1 is 1.05 bits per heavy atom. The smallest absolute Gasteiger partial charge is 0.0381 e. The average molecular weight is 259 g/mol. The van der Waals surface area contributed by atoms with Crippen LogP contribution in [0.1, 0.15) is 24.0 Å². The molecule has 2 rings (SSSR count). The minimum absolute atomic E-state index is 1.03. The van der Waals surface area contributed by atoms with E-state index in [1.165, 1.54) is 30.4 Å². The van der Waals surface area contributed by atoms with Gasteiger partial charge in [0, 0.05) is 39.6 Å². The fraction of sp³-hybridized carbons (Fsp3) is 0.500. The summed E-state index contributed by atoms with van der Waals surface area (Å²) in [6.07, 6.45) is 8.96. The molecule has 0 bridgehead atoms. The molecule has 19 heavy (non-hydrogen) atoms. The molecule has 0 fully saturated rings. The summed E-state index contributed by atoms with van der Waals surface area (Å²) < 4.78 is 0. The Balaban J connectivity index is 2.12. The number of nitrogens with zero attached hydrogens (tertiary/aromatic N) is 2. The Kier molecular flexibility index (Phi) is 5.28. The molecule has 0 aromatic heterocycles. The summed E-state index contributed by atoms with van der Waals surface area (Å²) in [7, 11) is 4.11. The maximum absolute atomic E-state index is 3.07. The lowest BCUT2D eigenvalue weighted by Gasteiger charge is -2.32. The highest BCUT2D eigenvalue weighted by Gasteiger charge is 2.11. The zero-order valence-corrected chi connectivity index (χ0v) is 12.1. The number of rotatable bonds is 2. The normalized spacial score (nSPS) is 18.3. The standard InChI is InChI=1S/C16H25N3/c1-17-11-14-19-13-10-16-8-4-3-7-15(16)9-5-6-12-18(19)2/h3-4,7-8,11,14,17H,5-6,9-10,12-13H2,1-2H3/b14-11-. The van der Waals surface area contributed by atoms with E-state index < -0.39 is 0 Å². The van der Waals surface area contributed by atoms with E-state index in [0.29, 0.717) is 0 Å². The number of hydrazine groups is 1. The Labute approximate surface area is 116 Å². The fourth-order valence-corrected chi connectivity index (χ4v) is 2.58. The van der Waals surface area contributed by atoms with Crippen LogP contribution in [0.25, 0.3) is 0 Å². The molecule has 1 aliphatic heterocycles. The molecule has 1 aromatic carbocycles. The van der Waals surface area contributed by atoms with Crippen molar-refractivity contribution in [3.8, 4) is 0 Å². The highest BCUT2D eigenvalue weighted by Crippen LogP contribution is 2.16. The molecule has 0 radical (unpaired) electrons. The van der Waals surface area contributed by atoms with Gasteiger partial charge in [-0.05, 0) is 36.8 Å². The molecule has 3 heteroatoms. The van der Waals surface area contributed by atoms with Crippen LogP contribution in [0.3, 0.4) is 0 Å². The van der Waals surface area contributed by atoms with E-state index in [1.54, 1.807) is 0 Å². The highest BCUT2D eigenvalue weighted by molar-refractivity contribution is 5.27. The maximum atomic E-state index is 3.07. The summed E-state index contributed by atoms with van der Waals surface area (Å²) in [6.45, 7) is 2.15. The van der Waals surface area contributed by atoms with Crippen LogP contribution in [0.5, 0.6) is 0 Å². The first-order valence-electron chi connectivity index (χ1n) is 7.19. The SMILES string of the molecule is CN/C=C\N1CCc2ccccc2CCCCN1C. The average Bonchev–Trinajstić information content (AvgIpc) is 2.44. The molecule has 0 unspecified atom stereocenters. The first-order valence-corrected chi connectivity index (χ1v) is 7.19. The van der Waals surface area contributed by atoms with Gasteiger partial charge in [-0.2, -0.15) is 0 Å². The third-order valence-corrected chi connectivity index (χ3v) is 3.76. The van der Waals surface area contributed by atoms with Crippen molar-refractivity contribution >= 4 is 0 Å². The van der Waals surface area contributed by atoms with Crippen LogP contribution < -0.4 is 5.32 Å². The molecule has 0 saturated heterocycles.